The van der Waals surface area contributed by atoms with E-state index in [1.54, 1.807) is 0 Å². The number of halogens is 2. The molecule has 0 aromatic carbocycles. The van der Waals surface area contributed by atoms with E-state index in [2.05, 4.69) is 9.47 Å². The third-order valence-corrected chi connectivity index (χ3v) is 7.14. The lowest BCUT2D eigenvalue weighted by molar-refractivity contribution is -0.207. The topological polar surface area (TPSA) is 133 Å². The summed E-state index contributed by atoms with van der Waals surface area (Å²) in [5, 5.41) is -5.22. The van der Waals surface area contributed by atoms with Gasteiger partial charge in [-0.2, -0.15) is 17.2 Å². The normalized spacial score (nSPS) is 33.2. The van der Waals surface area contributed by atoms with Crippen molar-refractivity contribution in [2.45, 2.75) is 49.9 Å². The summed E-state index contributed by atoms with van der Waals surface area (Å²) in [5.41, 5.74) is -0.638. The van der Waals surface area contributed by atoms with Crippen molar-refractivity contribution < 1.29 is 50.3 Å². The summed E-state index contributed by atoms with van der Waals surface area (Å²) in [6.45, 7) is -0.269. The minimum Gasteiger partial charge on any atom is -0.456 e. The van der Waals surface area contributed by atoms with Gasteiger partial charge in [-0.05, 0) is 62.7 Å². The molecule has 0 saturated heterocycles. The molecule has 4 aliphatic carbocycles. The van der Waals surface area contributed by atoms with Gasteiger partial charge < -0.3 is 14.2 Å². The Morgan fingerprint density at radius 2 is 1.45 bits per heavy atom. The van der Waals surface area contributed by atoms with Gasteiger partial charge in [-0.3, -0.25) is 4.55 Å². The van der Waals surface area contributed by atoms with E-state index < -0.39 is 52.1 Å². The molecule has 4 rings (SSSR count). The lowest BCUT2D eigenvalue weighted by Gasteiger charge is -2.59. The Hall–Kier alpha value is -1.82. The number of hydrogen-bond acceptors (Lipinski definition) is 8. The van der Waals surface area contributed by atoms with E-state index in [0.717, 1.165) is 25.7 Å². The van der Waals surface area contributed by atoms with Crippen LogP contribution in [0.25, 0.3) is 0 Å². The molecule has 29 heavy (non-hydrogen) atoms. The summed E-state index contributed by atoms with van der Waals surface area (Å²) in [4.78, 5) is 34.6. The van der Waals surface area contributed by atoms with E-state index in [4.69, 9.17) is 9.29 Å². The molecule has 0 aromatic heterocycles. The molecule has 9 nitrogen and oxygen atoms in total. The maximum absolute atomic E-state index is 13.0. The molecule has 0 amide bonds. The molecule has 4 bridgehead atoms. The zero-order chi connectivity index (χ0) is 21.6. The van der Waals surface area contributed by atoms with Gasteiger partial charge in [-0.25, -0.2) is 14.4 Å². The van der Waals surface area contributed by atoms with E-state index in [1.807, 2.05) is 6.92 Å². The van der Waals surface area contributed by atoms with Crippen LogP contribution in [0.2, 0.25) is 0 Å². The number of carbonyl (C=O) groups excluding carboxylic acids is 3. The Labute approximate surface area is 165 Å². The first kappa shape index (κ1) is 21.9. The Balaban J connectivity index is 1.45. The monoisotopic (exact) mass is 440 g/mol. The number of esters is 3. The quantitative estimate of drug-likeness (QED) is 0.353. The predicted molar refractivity (Wildman–Crippen MR) is 90.0 cm³/mol. The van der Waals surface area contributed by atoms with Crippen LogP contribution in [0.15, 0.2) is 0 Å². The van der Waals surface area contributed by atoms with E-state index in [9.17, 15) is 31.6 Å². The second-order valence-corrected chi connectivity index (χ2v) is 9.65. The number of rotatable bonds is 7. The van der Waals surface area contributed by atoms with Crippen molar-refractivity contribution in [3.05, 3.63) is 0 Å². The molecular weight excluding hydrogens is 418 g/mol. The van der Waals surface area contributed by atoms with E-state index in [1.165, 1.54) is 6.42 Å². The standard InChI is InChI=1S/C17H22F2O9S/c1-16(11-3-9-2-10(5-11)6-12(16)4-9)28-14(21)8-26-13(20)7-27-15(22)17(18,19)29(23,24)25/h9-12H,2-8H2,1H3,(H,23,24,25). The molecule has 164 valence electrons. The zero-order valence-corrected chi connectivity index (χ0v) is 16.5. The van der Waals surface area contributed by atoms with Gasteiger partial charge in [0.2, 0.25) is 0 Å². The van der Waals surface area contributed by atoms with E-state index in [-0.39, 0.29) is 11.8 Å². The fourth-order valence-corrected chi connectivity index (χ4v) is 5.33. The zero-order valence-electron chi connectivity index (χ0n) is 15.6. The number of carbonyl (C=O) groups is 3. The lowest BCUT2D eigenvalue weighted by Crippen LogP contribution is -2.58. The van der Waals surface area contributed by atoms with Crippen LogP contribution in [0.5, 0.6) is 0 Å². The van der Waals surface area contributed by atoms with Crippen molar-refractivity contribution in [3.8, 4) is 0 Å². The van der Waals surface area contributed by atoms with Gasteiger partial charge in [-0.1, -0.05) is 0 Å². The van der Waals surface area contributed by atoms with E-state index in [0.29, 0.717) is 11.8 Å². The highest BCUT2D eigenvalue weighted by Gasteiger charge is 2.57. The average molecular weight is 440 g/mol. The molecule has 0 aromatic rings. The van der Waals surface area contributed by atoms with E-state index >= 15 is 0 Å². The van der Waals surface area contributed by atoms with Crippen molar-refractivity contribution >= 4 is 28.0 Å². The van der Waals surface area contributed by atoms with Gasteiger partial charge in [0.1, 0.15) is 5.60 Å². The number of alkyl halides is 2. The van der Waals surface area contributed by atoms with Crippen molar-refractivity contribution in [3.63, 3.8) is 0 Å². The fraction of sp³-hybridized carbons (Fsp3) is 0.824. The predicted octanol–water partition coefficient (Wildman–Crippen LogP) is 1.31. The highest BCUT2D eigenvalue weighted by Crippen LogP contribution is 2.59. The molecule has 1 N–H and O–H groups in total. The first-order chi connectivity index (χ1) is 13.3. The van der Waals surface area contributed by atoms with Gasteiger partial charge in [0, 0.05) is 0 Å². The molecule has 0 unspecified atom stereocenters. The van der Waals surface area contributed by atoms with Gasteiger partial charge >= 0.3 is 33.3 Å². The minimum absolute atomic E-state index is 0.252. The number of hydrogen-bond donors (Lipinski definition) is 1. The SMILES string of the molecule is CC1(OC(=O)COC(=O)COC(=O)C(F)(F)S(=O)(=O)O)C2CC3CC(C2)CC1C3. The molecule has 4 saturated carbocycles. The summed E-state index contributed by atoms with van der Waals surface area (Å²) in [6.07, 6.45) is 5.20. The Bertz CT molecular complexity index is 780. The Morgan fingerprint density at radius 1 is 0.966 bits per heavy atom. The first-order valence-electron chi connectivity index (χ1n) is 9.22. The van der Waals surface area contributed by atoms with Crippen molar-refractivity contribution in [1.29, 1.82) is 0 Å². The molecule has 0 atom stereocenters. The third-order valence-electron chi connectivity index (χ3n) is 6.33. The van der Waals surface area contributed by atoms with Crippen LogP contribution in [-0.2, 0) is 38.7 Å². The molecule has 0 radical (unpaired) electrons. The highest BCUT2D eigenvalue weighted by atomic mass is 32.2. The van der Waals surface area contributed by atoms with Crippen molar-refractivity contribution in [1.82, 2.24) is 0 Å². The van der Waals surface area contributed by atoms with Gasteiger partial charge in [0.05, 0.1) is 0 Å². The van der Waals surface area contributed by atoms with Crippen LogP contribution in [0.4, 0.5) is 8.78 Å². The largest absolute Gasteiger partial charge is 0.465 e. The van der Waals surface area contributed by atoms with Gasteiger partial charge in [0.25, 0.3) is 0 Å². The van der Waals surface area contributed by atoms with Gasteiger partial charge in [-0.15, -0.1) is 0 Å². The van der Waals surface area contributed by atoms with Gasteiger partial charge in [0.15, 0.2) is 13.2 Å². The maximum Gasteiger partial charge on any atom is 0.465 e. The van der Waals surface area contributed by atoms with Crippen LogP contribution < -0.4 is 0 Å². The summed E-state index contributed by atoms with van der Waals surface area (Å²) in [7, 11) is -6.04. The van der Waals surface area contributed by atoms with Crippen LogP contribution in [0.1, 0.15) is 39.0 Å². The first-order valence-corrected chi connectivity index (χ1v) is 10.7. The smallest absolute Gasteiger partial charge is 0.456 e. The minimum atomic E-state index is -6.04. The van der Waals surface area contributed by atoms with Crippen molar-refractivity contribution in [2.75, 3.05) is 13.2 Å². The summed E-state index contributed by atoms with van der Waals surface area (Å²) >= 11 is 0. The maximum atomic E-state index is 13.0. The molecular formula is C17H22F2O9S. The number of ether oxygens (including phenoxy) is 3. The van der Waals surface area contributed by atoms with Crippen LogP contribution >= 0.6 is 0 Å². The molecule has 0 spiro atoms. The molecule has 4 aliphatic rings. The summed E-state index contributed by atoms with van der Waals surface area (Å²) < 4.78 is 69.1. The molecule has 4 fully saturated rings. The van der Waals surface area contributed by atoms with Crippen LogP contribution in [0.3, 0.4) is 0 Å². The Morgan fingerprint density at radius 3 is 1.93 bits per heavy atom. The Kier molecular flexibility index (Phi) is 5.63. The van der Waals surface area contributed by atoms with Crippen LogP contribution in [-0.4, -0.2) is 54.9 Å². The fourth-order valence-electron chi connectivity index (χ4n) is 5.06. The second-order valence-electron chi connectivity index (χ2n) is 8.19. The summed E-state index contributed by atoms with van der Waals surface area (Å²) in [6, 6.07) is 0. The molecule has 0 aliphatic heterocycles. The van der Waals surface area contributed by atoms with Crippen molar-refractivity contribution in [2.24, 2.45) is 23.7 Å². The summed E-state index contributed by atoms with van der Waals surface area (Å²) in [5.74, 6) is -2.96. The average Bonchev–Trinajstić information content (AvgIpc) is 2.61. The molecule has 12 heteroatoms. The van der Waals surface area contributed by atoms with Crippen LogP contribution in [0, 0.1) is 23.7 Å². The third kappa shape index (κ3) is 4.23. The highest BCUT2D eigenvalue weighted by molar-refractivity contribution is 7.87. The molecule has 0 heterocycles. The second kappa shape index (κ2) is 7.46. The lowest BCUT2D eigenvalue weighted by atomic mass is 9.50.